The number of nitrogens with zero attached hydrogens (tertiary/aromatic N) is 1. The van der Waals surface area contributed by atoms with Crippen LogP contribution in [0.3, 0.4) is 0 Å². The molecule has 1 N–H and O–H groups in total. The van der Waals surface area contributed by atoms with Crippen LogP contribution in [-0.2, 0) is 4.79 Å². The fourth-order valence-corrected chi connectivity index (χ4v) is 2.29. The molecule has 0 saturated heterocycles. The maximum absolute atomic E-state index is 11.7. The van der Waals surface area contributed by atoms with Crippen LogP contribution in [0, 0.1) is 10.5 Å². The fraction of sp³-hybridized carbons (Fsp3) is 0.125. The van der Waals surface area contributed by atoms with E-state index < -0.39 is 0 Å². The third kappa shape index (κ3) is 4.99. The average Bonchev–Trinajstić information content (AvgIpc) is 2.50. The van der Waals surface area contributed by atoms with Gasteiger partial charge in [0, 0.05) is 14.2 Å². The number of amides is 1. The first-order valence-corrected chi connectivity index (χ1v) is 7.97. The lowest BCUT2D eigenvalue weighted by atomic mass is 10.2. The van der Waals surface area contributed by atoms with Crippen LogP contribution in [0.15, 0.2) is 47.6 Å². The molecule has 22 heavy (non-hydrogen) atoms. The molecular formula is C16H14ClIN2O2. The smallest absolute Gasteiger partial charge is 0.277 e. The molecule has 4 nitrogen and oxygen atoms in total. The summed E-state index contributed by atoms with van der Waals surface area (Å²) in [7, 11) is 0. The third-order valence-electron chi connectivity index (χ3n) is 2.80. The highest BCUT2D eigenvalue weighted by Gasteiger charge is 2.03. The van der Waals surface area contributed by atoms with Gasteiger partial charge in [-0.25, -0.2) is 5.43 Å². The Balaban J connectivity index is 1.83. The molecule has 2 aromatic rings. The number of hydrogen-bond donors (Lipinski definition) is 1. The Labute approximate surface area is 147 Å². The van der Waals surface area contributed by atoms with Crippen molar-refractivity contribution >= 4 is 46.3 Å². The number of rotatable bonds is 5. The van der Waals surface area contributed by atoms with Gasteiger partial charge in [0.05, 0.1) is 6.21 Å². The lowest BCUT2D eigenvalue weighted by Gasteiger charge is -2.06. The molecule has 0 heterocycles. The van der Waals surface area contributed by atoms with E-state index in [9.17, 15) is 4.79 Å². The number of nitrogens with one attached hydrogen (secondary N) is 1. The van der Waals surface area contributed by atoms with Gasteiger partial charge in [0.2, 0.25) is 0 Å². The van der Waals surface area contributed by atoms with Crippen molar-refractivity contribution in [2.45, 2.75) is 6.92 Å². The summed E-state index contributed by atoms with van der Waals surface area (Å²) in [6.07, 6.45) is 1.60. The van der Waals surface area contributed by atoms with E-state index >= 15 is 0 Å². The van der Waals surface area contributed by atoms with Crippen molar-refractivity contribution in [1.82, 2.24) is 5.43 Å². The highest BCUT2D eigenvalue weighted by molar-refractivity contribution is 14.1. The van der Waals surface area contributed by atoms with Crippen molar-refractivity contribution in [3.05, 3.63) is 62.2 Å². The maximum Gasteiger partial charge on any atom is 0.277 e. The average molecular weight is 429 g/mol. The highest BCUT2D eigenvalue weighted by atomic mass is 127. The normalized spacial score (nSPS) is 10.7. The van der Waals surface area contributed by atoms with Crippen molar-refractivity contribution in [3.63, 3.8) is 0 Å². The topological polar surface area (TPSA) is 50.7 Å². The lowest BCUT2D eigenvalue weighted by Crippen LogP contribution is -2.24. The van der Waals surface area contributed by atoms with Crippen molar-refractivity contribution < 1.29 is 9.53 Å². The first-order valence-electron chi connectivity index (χ1n) is 6.51. The highest BCUT2D eigenvalue weighted by Crippen LogP contribution is 2.20. The number of halogens is 2. The van der Waals surface area contributed by atoms with Crippen LogP contribution in [0.1, 0.15) is 11.1 Å². The number of hydrazone groups is 1. The zero-order chi connectivity index (χ0) is 15.9. The molecule has 0 bridgehead atoms. The molecule has 6 heteroatoms. The summed E-state index contributed by atoms with van der Waals surface area (Å²) in [6.45, 7) is 1.77. The lowest BCUT2D eigenvalue weighted by molar-refractivity contribution is -0.123. The Hall–Kier alpha value is -1.60. The van der Waals surface area contributed by atoms with Gasteiger partial charge >= 0.3 is 0 Å². The van der Waals surface area contributed by atoms with Crippen LogP contribution in [0.25, 0.3) is 0 Å². The maximum atomic E-state index is 11.7. The van der Waals surface area contributed by atoms with E-state index in [1.165, 1.54) is 0 Å². The van der Waals surface area contributed by atoms with Gasteiger partial charge in [-0.15, -0.1) is 0 Å². The minimum atomic E-state index is -0.324. The number of aryl methyl sites for hydroxylation is 1. The molecule has 0 spiro atoms. The summed E-state index contributed by atoms with van der Waals surface area (Å²) in [5, 5.41) is 4.58. The first-order chi connectivity index (χ1) is 10.6. The van der Waals surface area contributed by atoms with Crippen LogP contribution in [0.2, 0.25) is 5.02 Å². The minimum Gasteiger partial charge on any atom is -0.484 e. The second-order valence-corrected chi connectivity index (χ2v) is 6.08. The summed E-state index contributed by atoms with van der Waals surface area (Å²) in [6, 6.07) is 13.0. The Morgan fingerprint density at radius 2 is 2.14 bits per heavy atom. The Kier molecular flexibility index (Phi) is 6.21. The largest absolute Gasteiger partial charge is 0.484 e. The van der Waals surface area contributed by atoms with E-state index in [1.807, 2.05) is 31.2 Å². The van der Waals surface area contributed by atoms with Crippen molar-refractivity contribution in [2.75, 3.05) is 6.61 Å². The van der Waals surface area contributed by atoms with Crippen LogP contribution >= 0.6 is 34.2 Å². The molecule has 0 aliphatic rings. The van der Waals surface area contributed by atoms with Crippen LogP contribution in [0.4, 0.5) is 0 Å². The van der Waals surface area contributed by atoms with Crippen molar-refractivity contribution in [3.8, 4) is 5.75 Å². The SMILES string of the molecule is Cc1cc(OCC(=O)N/N=C\c2ccccc2I)ccc1Cl. The zero-order valence-electron chi connectivity index (χ0n) is 11.8. The second-order valence-electron chi connectivity index (χ2n) is 4.51. The van der Waals surface area contributed by atoms with Crippen LogP contribution in [0.5, 0.6) is 5.75 Å². The number of carbonyl (C=O) groups is 1. The minimum absolute atomic E-state index is 0.107. The molecule has 114 valence electrons. The molecule has 0 atom stereocenters. The summed E-state index contributed by atoms with van der Waals surface area (Å²) in [4.78, 5) is 11.7. The van der Waals surface area contributed by atoms with E-state index in [2.05, 4.69) is 33.1 Å². The molecule has 0 unspecified atom stereocenters. The van der Waals surface area contributed by atoms with Gasteiger partial charge in [-0.3, -0.25) is 4.79 Å². The third-order valence-corrected chi connectivity index (χ3v) is 4.20. The standard InChI is InChI=1S/C16H14ClIN2O2/c1-11-8-13(6-7-14(11)17)22-10-16(21)20-19-9-12-4-2-3-5-15(12)18/h2-9H,10H2,1H3,(H,20,21)/b19-9-. The number of benzene rings is 2. The van der Waals surface area contributed by atoms with Gasteiger partial charge in [0.25, 0.3) is 5.91 Å². The Bertz CT molecular complexity index is 704. The molecule has 0 aliphatic heterocycles. The van der Waals surface area contributed by atoms with E-state index in [0.717, 1.165) is 14.7 Å². The Morgan fingerprint density at radius 3 is 2.86 bits per heavy atom. The molecule has 2 rings (SSSR count). The second kappa shape index (κ2) is 8.14. The molecule has 0 radical (unpaired) electrons. The van der Waals surface area contributed by atoms with E-state index in [-0.39, 0.29) is 12.5 Å². The molecule has 0 aliphatic carbocycles. The van der Waals surface area contributed by atoms with Gasteiger partial charge in [0.15, 0.2) is 6.61 Å². The summed E-state index contributed by atoms with van der Waals surface area (Å²) in [5.74, 6) is 0.272. The van der Waals surface area contributed by atoms with E-state index in [1.54, 1.807) is 24.4 Å². The van der Waals surface area contributed by atoms with Gasteiger partial charge in [-0.05, 0) is 59.3 Å². The number of carbonyl (C=O) groups excluding carboxylic acids is 1. The van der Waals surface area contributed by atoms with Crippen molar-refractivity contribution in [2.24, 2.45) is 5.10 Å². The zero-order valence-corrected chi connectivity index (χ0v) is 14.8. The summed E-state index contributed by atoms with van der Waals surface area (Å²) < 4.78 is 6.45. The van der Waals surface area contributed by atoms with Crippen LogP contribution in [-0.4, -0.2) is 18.7 Å². The summed E-state index contributed by atoms with van der Waals surface area (Å²) in [5.41, 5.74) is 4.27. The van der Waals surface area contributed by atoms with Gasteiger partial charge < -0.3 is 4.74 Å². The van der Waals surface area contributed by atoms with Gasteiger partial charge in [-0.1, -0.05) is 29.8 Å². The van der Waals surface area contributed by atoms with Crippen LogP contribution < -0.4 is 10.2 Å². The monoisotopic (exact) mass is 428 g/mol. The first kappa shape index (κ1) is 16.8. The van der Waals surface area contributed by atoms with E-state index in [0.29, 0.717) is 10.8 Å². The Morgan fingerprint density at radius 1 is 1.36 bits per heavy atom. The number of hydrogen-bond acceptors (Lipinski definition) is 3. The van der Waals surface area contributed by atoms with E-state index in [4.69, 9.17) is 16.3 Å². The van der Waals surface area contributed by atoms with Gasteiger partial charge in [0.1, 0.15) is 5.75 Å². The number of ether oxygens (including phenoxy) is 1. The summed E-state index contributed by atoms with van der Waals surface area (Å²) >= 11 is 8.14. The molecule has 2 aromatic carbocycles. The molecule has 1 amide bonds. The fourth-order valence-electron chi connectivity index (χ4n) is 1.64. The molecule has 0 aromatic heterocycles. The predicted molar refractivity (Wildman–Crippen MR) is 96.6 cm³/mol. The van der Waals surface area contributed by atoms with Crippen molar-refractivity contribution in [1.29, 1.82) is 0 Å². The molecule has 0 fully saturated rings. The molecule has 0 saturated carbocycles. The van der Waals surface area contributed by atoms with Gasteiger partial charge in [-0.2, -0.15) is 5.10 Å². The predicted octanol–water partition coefficient (Wildman–Crippen LogP) is 3.78. The molecular weight excluding hydrogens is 415 g/mol. The quantitative estimate of drug-likeness (QED) is 0.448.